The quantitative estimate of drug-likeness (QED) is 0.126. The van der Waals surface area contributed by atoms with Crippen molar-refractivity contribution in [3.63, 3.8) is 0 Å². The van der Waals surface area contributed by atoms with Crippen molar-refractivity contribution in [1.82, 2.24) is 5.32 Å². The standard InChI is InChI=1S/C21H42NO6P/c1-2-3-4-5-6-7-8-9-10-11-12-13-14-15-16-17-21(24)22-18-20(23)19-28-29(25,26)27/h9-10,20,23H,2-8,11-19H2,1H3,(H,22,24)(H2,25,26,27)/b10-9+. The zero-order valence-corrected chi connectivity index (χ0v) is 19.0. The van der Waals surface area contributed by atoms with Crippen LogP contribution >= 0.6 is 7.82 Å². The fraction of sp³-hybridized carbons (Fsp3) is 0.857. The lowest BCUT2D eigenvalue weighted by molar-refractivity contribution is -0.121. The average molecular weight is 436 g/mol. The molecule has 172 valence electrons. The van der Waals surface area contributed by atoms with Gasteiger partial charge in [0.25, 0.3) is 0 Å². The maximum Gasteiger partial charge on any atom is 0.469 e. The third kappa shape index (κ3) is 23.4. The minimum Gasteiger partial charge on any atom is -0.389 e. The lowest BCUT2D eigenvalue weighted by Gasteiger charge is -2.12. The minimum absolute atomic E-state index is 0.0795. The summed E-state index contributed by atoms with van der Waals surface area (Å²) in [7, 11) is -4.59. The largest absolute Gasteiger partial charge is 0.469 e. The number of phosphoric acid groups is 1. The Kier molecular flexibility index (Phi) is 18.8. The minimum atomic E-state index is -4.59. The molecule has 0 saturated carbocycles. The van der Waals surface area contributed by atoms with E-state index in [1.54, 1.807) is 0 Å². The van der Waals surface area contributed by atoms with Gasteiger partial charge in [0.05, 0.1) is 12.7 Å². The molecule has 1 amide bonds. The number of amides is 1. The van der Waals surface area contributed by atoms with E-state index in [1.807, 2.05) is 0 Å². The number of rotatable bonds is 20. The Bertz CT molecular complexity index is 466. The van der Waals surface area contributed by atoms with Crippen molar-refractivity contribution >= 4 is 13.7 Å². The van der Waals surface area contributed by atoms with Gasteiger partial charge in [0.15, 0.2) is 0 Å². The predicted molar refractivity (Wildman–Crippen MR) is 116 cm³/mol. The maximum absolute atomic E-state index is 11.7. The number of hydrogen-bond acceptors (Lipinski definition) is 4. The molecular formula is C21H42NO6P. The van der Waals surface area contributed by atoms with Crippen molar-refractivity contribution in [2.75, 3.05) is 13.2 Å². The maximum atomic E-state index is 11.7. The van der Waals surface area contributed by atoms with Gasteiger partial charge < -0.3 is 20.2 Å². The van der Waals surface area contributed by atoms with Crippen LogP contribution in [-0.4, -0.2) is 40.1 Å². The van der Waals surface area contributed by atoms with Crippen LogP contribution in [0.25, 0.3) is 0 Å². The van der Waals surface area contributed by atoms with Crippen molar-refractivity contribution in [3.05, 3.63) is 12.2 Å². The van der Waals surface area contributed by atoms with Gasteiger partial charge in [-0.25, -0.2) is 4.57 Å². The molecule has 0 saturated heterocycles. The second-order valence-electron chi connectivity index (χ2n) is 7.58. The van der Waals surface area contributed by atoms with Crippen molar-refractivity contribution < 1.29 is 28.8 Å². The lowest BCUT2D eigenvalue weighted by Crippen LogP contribution is -2.34. The molecule has 0 aromatic heterocycles. The highest BCUT2D eigenvalue weighted by Gasteiger charge is 2.17. The van der Waals surface area contributed by atoms with Gasteiger partial charge in [0.1, 0.15) is 0 Å². The number of aliphatic hydroxyl groups is 1. The first kappa shape index (κ1) is 28.3. The zero-order chi connectivity index (χ0) is 21.8. The molecule has 0 spiro atoms. The third-order valence-electron chi connectivity index (χ3n) is 4.64. The Morgan fingerprint density at radius 3 is 2.00 bits per heavy atom. The van der Waals surface area contributed by atoms with Crippen molar-refractivity contribution in [2.45, 2.75) is 103 Å². The van der Waals surface area contributed by atoms with Gasteiger partial charge in [-0.1, -0.05) is 70.4 Å². The molecule has 29 heavy (non-hydrogen) atoms. The molecule has 0 aromatic carbocycles. The van der Waals surface area contributed by atoms with E-state index in [-0.39, 0.29) is 12.5 Å². The Morgan fingerprint density at radius 2 is 1.45 bits per heavy atom. The van der Waals surface area contributed by atoms with Crippen LogP contribution < -0.4 is 5.32 Å². The highest BCUT2D eigenvalue weighted by atomic mass is 31.2. The van der Waals surface area contributed by atoms with Gasteiger partial charge in [0, 0.05) is 13.0 Å². The van der Waals surface area contributed by atoms with Gasteiger partial charge in [0.2, 0.25) is 5.91 Å². The van der Waals surface area contributed by atoms with Gasteiger partial charge in [-0.3, -0.25) is 9.32 Å². The summed E-state index contributed by atoms with van der Waals surface area (Å²) in [6.07, 6.45) is 19.5. The second kappa shape index (κ2) is 19.3. The van der Waals surface area contributed by atoms with Gasteiger partial charge >= 0.3 is 7.82 Å². The molecule has 4 N–H and O–H groups in total. The van der Waals surface area contributed by atoms with Crippen LogP contribution in [0.5, 0.6) is 0 Å². The van der Waals surface area contributed by atoms with Gasteiger partial charge in [-0.2, -0.15) is 0 Å². The summed E-state index contributed by atoms with van der Waals surface area (Å²) in [4.78, 5) is 28.7. The smallest absolute Gasteiger partial charge is 0.389 e. The summed E-state index contributed by atoms with van der Waals surface area (Å²) in [5.41, 5.74) is 0. The molecule has 0 rings (SSSR count). The van der Waals surface area contributed by atoms with E-state index < -0.39 is 20.5 Å². The van der Waals surface area contributed by atoms with Crippen molar-refractivity contribution in [3.8, 4) is 0 Å². The first-order chi connectivity index (χ1) is 13.8. The molecule has 0 bridgehead atoms. The topological polar surface area (TPSA) is 116 Å². The van der Waals surface area contributed by atoms with E-state index in [0.29, 0.717) is 6.42 Å². The highest BCUT2D eigenvalue weighted by Crippen LogP contribution is 2.35. The third-order valence-corrected chi connectivity index (χ3v) is 5.12. The molecule has 1 unspecified atom stereocenters. The summed E-state index contributed by atoms with van der Waals surface area (Å²) in [5.74, 6) is -0.169. The molecule has 0 aliphatic carbocycles. The number of unbranched alkanes of at least 4 members (excludes halogenated alkanes) is 11. The van der Waals surface area contributed by atoms with E-state index in [4.69, 9.17) is 9.79 Å². The number of phosphoric ester groups is 1. The van der Waals surface area contributed by atoms with Crippen LogP contribution in [-0.2, 0) is 13.9 Å². The van der Waals surface area contributed by atoms with Crippen LogP contribution in [0.15, 0.2) is 12.2 Å². The Morgan fingerprint density at radius 1 is 0.931 bits per heavy atom. The normalized spacial score (nSPS) is 13.1. The molecular weight excluding hydrogens is 393 g/mol. The van der Waals surface area contributed by atoms with Crippen LogP contribution in [0.1, 0.15) is 96.8 Å². The Labute approximate surface area is 176 Å². The first-order valence-electron chi connectivity index (χ1n) is 11.1. The molecule has 0 heterocycles. The number of carbonyl (C=O) groups is 1. The molecule has 0 aliphatic rings. The summed E-state index contributed by atoms with van der Waals surface area (Å²) in [6.45, 7) is 1.65. The second-order valence-corrected chi connectivity index (χ2v) is 8.82. The first-order valence-corrected chi connectivity index (χ1v) is 12.7. The number of aliphatic hydroxyl groups excluding tert-OH is 1. The molecule has 0 aromatic rings. The van der Waals surface area contributed by atoms with Crippen LogP contribution in [0.4, 0.5) is 0 Å². The van der Waals surface area contributed by atoms with Crippen LogP contribution in [0, 0.1) is 0 Å². The SMILES string of the molecule is CCCCCCCC/C=C/CCCCCCCC(=O)NCC(O)COP(=O)(O)O. The van der Waals surface area contributed by atoms with E-state index in [0.717, 1.165) is 25.7 Å². The van der Waals surface area contributed by atoms with Crippen molar-refractivity contribution in [2.24, 2.45) is 0 Å². The summed E-state index contributed by atoms with van der Waals surface area (Å²) >= 11 is 0. The molecule has 1 atom stereocenters. The van der Waals surface area contributed by atoms with E-state index in [1.165, 1.54) is 57.8 Å². The zero-order valence-electron chi connectivity index (χ0n) is 18.1. The number of allylic oxidation sites excluding steroid dienone is 2. The number of carbonyl (C=O) groups excluding carboxylic acids is 1. The summed E-state index contributed by atoms with van der Waals surface area (Å²) in [5, 5.41) is 12.0. The molecule has 0 aliphatic heterocycles. The molecule has 8 heteroatoms. The summed E-state index contributed by atoms with van der Waals surface area (Å²) in [6, 6.07) is 0. The Balaban J connectivity index is 3.38. The van der Waals surface area contributed by atoms with Gasteiger partial charge in [-0.05, 0) is 32.1 Å². The average Bonchev–Trinajstić information content (AvgIpc) is 2.67. The summed E-state index contributed by atoms with van der Waals surface area (Å²) < 4.78 is 14.7. The van der Waals surface area contributed by atoms with Crippen LogP contribution in [0.3, 0.4) is 0 Å². The Hall–Kier alpha value is -0.720. The van der Waals surface area contributed by atoms with E-state index in [9.17, 15) is 14.5 Å². The van der Waals surface area contributed by atoms with E-state index in [2.05, 4.69) is 28.9 Å². The van der Waals surface area contributed by atoms with E-state index >= 15 is 0 Å². The number of hydrogen-bond donors (Lipinski definition) is 4. The van der Waals surface area contributed by atoms with Crippen molar-refractivity contribution in [1.29, 1.82) is 0 Å². The molecule has 0 fully saturated rings. The van der Waals surface area contributed by atoms with Crippen LogP contribution in [0.2, 0.25) is 0 Å². The highest BCUT2D eigenvalue weighted by molar-refractivity contribution is 7.46. The monoisotopic (exact) mass is 435 g/mol. The predicted octanol–water partition coefficient (Wildman–Crippen LogP) is 4.61. The fourth-order valence-electron chi connectivity index (χ4n) is 2.92. The molecule has 0 radical (unpaired) electrons. The lowest BCUT2D eigenvalue weighted by atomic mass is 10.1. The fourth-order valence-corrected chi connectivity index (χ4v) is 3.28. The van der Waals surface area contributed by atoms with Gasteiger partial charge in [-0.15, -0.1) is 0 Å². The molecule has 7 nitrogen and oxygen atoms in total. The number of nitrogens with one attached hydrogen (secondary N) is 1.